The molecule has 0 spiro atoms. The van der Waals surface area contributed by atoms with Gasteiger partial charge in [-0.15, -0.1) is 0 Å². The summed E-state index contributed by atoms with van der Waals surface area (Å²) in [5, 5.41) is 3.14. The number of rotatable bonds is 8. The van der Waals surface area contributed by atoms with Gasteiger partial charge in [-0.3, -0.25) is 14.8 Å². The number of amides is 1. The maximum absolute atomic E-state index is 12.7. The highest BCUT2D eigenvalue weighted by molar-refractivity contribution is 7.92. The number of fused-ring (bicyclic) bond motifs is 1. The molecule has 176 valence electrons. The van der Waals surface area contributed by atoms with Gasteiger partial charge in [0.2, 0.25) is 0 Å². The topological polar surface area (TPSA) is 116 Å². The summed E-state index contributed by atoms with van der Waals surface area (Å²) in [6, 6.07) is 15.6. The van der Waals surface area contributed by atoms with Crippen molar-refractivity contribution >= 4 is 48.3 Å². The lowest BCUT2D eigenvalue weighted by atomic mass is 10.2. The van der Waals surface area contributed by atoms with E-state index in [0.717, 1.165) is 4.70 Å². The van der Waals surface area contributed by atoms with Gasteiger partial charge in [0.1, 0.15) is 27.5 Å². The van der Waals surface area contributed by atoms with Gasteiger partial charge in [-0.05, 0) is 60.7 Å². The smallest absolute Gasteiger partial charge is 0.261 e. The van der Waals surface area contributed by atoms with E-state index < -0.39 is 10.0 Å². The predicted molar refractivity (Wildman–Crippen MR) is 131 cm³/mol. The Balaban J connectivity index is 1.49. The molecule has 0 saturated carbocycles. The highest BCUT2D eigenvalue weighted by Crippen LogP contribution is 2.38. The molecule has 0 bridgehead atoms. The quantitative estimate of drug-likeness (QED) is 0.370. The number of nitrogens with one attached hydrogen (secondary N) is 2. The lowest BCUT2D eigenvalue weighted by Crippen LogP contribution is -2.14. The van der Waals surface area contributed by atoms with E-state index in [1.54, 1.807) is 38.5 Å². The molecule has 0 aliphatic carbocycles. The Kier molecular flexibility index (Phi) is 6.57. The van der Waals surface area contributed by atoms with Crippen molar-refractivity contribution in [2.45, 2.75) is 4.90 Å². The van der Waals surface area contributed by atoms with E-state index in [1.165, 1.54) is 54.8 Å². The van der Waals surface area contributed by atoms with Crippen LogP contribution in [0.15, 0.2) is 65.6 Å². The van der Waals surface area contributed by atoms with E-state index in [2.05, 4.69) is 15.0 Å². The van der Waals surface area contributed by atoms with Crippen molar-refractivity contribution in [3.05, 3.63) is 66.2 Å². The molecular formula is C23H21N3O6S2. The molecule has 0 atom stereocenters. The number of nitrogens with zero attached hydrogens (tertiary/aromatic N) is 1. The molecule has 4 aromatic rings. The van der Waals surface area contributed by atoms with E-state index in [0.29, 0.717) is 39.1 Å². The van der Waals surface area contributed by atoms with Crippen LogP contribution in [0.2, 0.25) is 0 Å². The second kappa shape index (κ2) is 9.57. The van der Waals surface area contributed by atoms with Crippen molar-refractivity contribution in [1.29, 1.82) is 0 Å². The van der Waals surface area contributed by atoms with Crippen LogP contribution in [-0.4, -0.2) is 40.6 Å². The van der Waals surface area contributed by atoms with Crippen molar-refractivity contribution in [3.63, 3.8) is 0 Å². The molecule has 0 aliphatic heterocycles. The summed E-state index contributed by atoms with van der Waals surface area (Å²) < 4.78 is 44.2. The van der Waals surface area contributed by atoms with E-state index in [1.807, 2.05) is 0 Å². The van der Waals surface area contributed by atoms with Gasteiger partial charge in [-0.1, -0.05) is 11.3 Å². The number of benzene rings is 3. The molecule has 9 nitrogen and oxygen atoms in total. The van der Waals surface area contributed by atoms with Gasteiger partial charge in [-0.2, -0.15) is 0 Å². The Morgan fingerprint density at radius 3 is 2.12 bits per heavy atom. The molecule has 1 amide bonds. The minimum Gasteiger partial charge on any atom is -0.497 e. The first-order valence-electron chi connectivity index (χ1n) is 9.94. The number of carbonyl (C=O) groups is 1. The van der Waals surface area contributed by atoms with Crippen LogP contribution >= 0.6 is 11.3 Å². The largest absolute Gasteiger partial charge is 0.497 e. The Hall–Kier alpha value is -3.83. The minimum absolute atomic E-state index is 0.0943. The third-order valence-electron chi connectivity index (χ3n) is 4.90. The van der Waals surface area contributed by atoms with Crippen LogP contribution in [-0.2, 0) is 10.0 Å². The zero-order valence-electron chi connectivity index (χ0n) is 18.5. The maximum Gasteiger partial charge on any atom is 0.261 e. The summed E-state index contributed by atoms with van der Waals surface area (Å²) in [6.45, 7) is 0. The summed E-state index contributed by atoms with van der Waals surface area (Å²) in [7, 11) is 0.822. The van der Waals surface area contributed by atoms with E-state index in [-0.39, 0.29) is 10.8 Å². The molecule has 3 aromatic carbocycles. The highest BCUT2D eigenvalue weighted by atomic mass is 32.2. The van der Waals surface area contributed by atoms with Gasteiger partial charge in [0.15, 0.2) is 5.13 Å². The number of ether oxygens (including phenoxy) is 3. The first-order chi connectivity index (χ1) is 16.3. The maximum atomic E-state index is 12.7. The van der Waals surface area contributed by atoms with Crippen molar-refractivity contribution in [2.24, 2.45) is 0 Å². The molecule has 11 heteroatoms. The summed E-state index contributed by atoms with van der Waals surface area (Å²) in [4.78, 5) is 17.3. The van der Waals surface area contributed by atoms with Gasteiger partial charge in [-0.25, -0.2) is 13.4 Å². The van der Waals surface area contributed by atoms with E-state index in [9.17, 15) is 13.2 Å². The van der Waals surface area contributed by atoms with Crippen molar-refractivity contribution in [2.75, 3.05) is 31.4 Å². The zero-order valence-corrected chi connectivity index (χ0v) is 20.1. The van der Waals surface area contributed by atoms with Gasteiger partial charge < -0.3 is 14.2 Å². The van der Waals surface area contributed by atoms with E-state index in [4.69, 9.17) is 14.2 Å². The molecule has 34 heavy (non-hydrogen) atoms. The fourth-order valence-corrected chi connectivity index (χ4v) is 5.19. The van der Waals surface area contributed by atoms with E-state index >= 15 is 0 Å². The number of anilines is 2. The van der Waals surface area contributed by atoms with Crippen LogP contribution in [0.3, 0.4) is 0 Å². The second-order valence-electron chi connectivity index (χ2n) is 6.98. The fourth-order valence-electron chi connectivity index (χ4n) is 3.17. The molecule has 4 rings (SSSR count). The average molecular weight is 500 g/mol. The summed E-state index contributed by atoms with van der Waals surface area (Å²) in [5.41, 5.74) is 1.25. The fraction of sp³-hybridized carbons (Fsp3) is 0.130. The number of hydrogen-bond acceptors (Lipinski definition) is 8. The summed E-state index contributed by atoms with van der Waals surface area (Å²) >= 11 is 1.26. The molecule has 0 radical (unpaired) electrons. The van der Waals surface area contributed by atoms with Crippen LogP contribution in [0, 0.1) is 0 Å². The number of aromatic nitrogens is 1. The van der Waals surface area contributed by atoms with Gasteiger partial charge in [0.25, 0.3) is 15.9 Å². The molecule has 1 heterocycles. The van der Waals surface area contributed by atoms with Crippen LogP contribution in [0.5, 0.6) is 17.2 Å². The summed E-state index contributed by atoms with van der Waals surface area (Å²) in [6.07, 6.45) is 0. The third kappa shape index (κ3) is 4.75. The first-order valence-corrected chi connectivity index (χ1v) is 12.2. The van der Waals surface area contributed by atoms with Crippen LogP contribution in [0.1, 0.15) is 10.4 Å². The molecule has 0 fully saturated rings. The van der Waals surface area contributed by atoms with Gasteiger partial charge >= 0.3 is 0 Å². The van der Waals surface area contributed by atoms with Crippen molar-refractivity contribution in [1.82, 2.24) is 4.98 Å². The van der Waals surface area contributed by atoms with Crippen molar-refractivity contribution < 1.29 is 27.4 Å². The third-order valence-corrected chi connectivity index (χ3v) is 7.28. The number of methoxy groups -OCH3 is 3. The Morgan fingerprint density at radius 2 is 1.50 bits per heavy atom. The average Bonchev–Trinajstić information content (AvgIpc) is 3.27. The van der Waals surface area contributed by atoms with Crippen LogP contribution in [0.25, 0.3) is 10.2 Å². The highest BCUT2D eigenvalue weighted by Gasteiger charge is 2.17. The van der Waals surface area contributed by atoms with Gasteiger partial charge in [0, 0.05) is 11.3 Å². The number of thiazole rings is 1. The Bertz CT molecular complexity index is 1390. The standard InChI is InChI=1S/C23H21N3O6S2/c1-30-16-8-10-17(11-9-16)34(28,29)26-15-6-4-14(5-7-15)22(27)25-23-24-20-18(31-2)12-13-19(32-3)21(20)33-23/h4-13,26H,1-3H3,(H,24,25,27). The van der Waals surface area contributed by atoms with Crippen LogP contribution < -0.4 is 24.2 Å². The zero-order chi connectivity index (χ0) is 24.3. The van der Waals surface area contributed by atoms with Crippen LogP contribution in [0.4, 0.5) is 10.8 Å². The number of hydrogen-bond donors (Lipinski definition) is 2. The lowest BCUT2D eigenvalue weighted by molar-refractivity contribution is 0.102. The SMILES string of the molecule is COc1ccc(S(=O)(=O)Nc2ccc(C(=O)Nc3nc4c(OC)ccc(OC)c4s3)cc2)cc1. The van der Waals surface area contributed by atoms with Gasteiger partial charge in [0.05, 0.1) is 26.2 Å². The Morgan fingerprint density at radius 1 is 0.853 bits per heavy atom. The minimum atomic E-state index is -3.79. The van der Waals surface area contributed by atoms with Crippen molar-refractivity contribution in [3.8, 4) is 17.2 Å². The molecule has 2 N–H and O–H groups in total. The molecule has 0 saturated heterocycles. The number of carbonyl (C=O) groups excluding carboxylic acids is 1. The lowest BCUT2D eigenvalue weighted by Gasteiger charge is -2.09. The summed E-state index contributed by atoms with van der Waals surface area (Å²) in [5.74, 6) is 1.37. The molecular weight excluding hydrogens is 478 g/mol. The molecule has 0 aliphatic rings. The first kappa shape index (κ1) is 23.3. The molecule has 0 unspecified atom stereocenters. The Labute approximate surface area is 200 Å². The number of sulfonamides is 1. The normalized spacial score (nSPS) is 11.1. The monoisotopic (exact) mass is 499 g/mol. The molecule has 1 aromatic heterocycles. The second-order valence-corrected chi connectivity index (χ2v) is 9.66. The predicted octanol–water partition coefficient (Wildman–Crippen LogP) is 4.38.